The molecule has 0 aromatic carbocycles. The summed E-state index contributed by atoms with van der Waals surface area (Å²) in [4.78, 5) is 4.37. The van der Waals surface area contributed by atoms with Crippen LogP contribution in [0.1, 0.15) is 33.4 Å². The van der Waals surface area contributed by atoms with Gasteiger partial charge in [-0.05, 0) is 19.9 Å². The smallest absolute Gasteiger partial charge is 0.213 e. The summed E-state index contributed by atoms with van der Waals surface area (Å²) in [6.07, 6.45) is 0.125. The third-order valence-electron chi connectivity index (χ3n) is 1.93. The number of rotatable bonds is 5. The molecule has 0 fully saturated rings. The van der Waals surface area contributed by atoms with Gasteiger partial charge in [-0.25, -0.2) is 4.98 Å². The fraction of sp³-hybridized carbons (Fsp3) is 0.583. The zero-order valence-electron chi connectivity index (χ0n) is 10.2. The molecule has 1 aromatic rings. The van der Waals surface area contributed by atoms with Crippen LogP contribution in [0.25, 0.3) is 0 Å². The first-order valence-corrected chi connectivity index (χ1v) is 5.92. The molecule has 0 bridgehead atoms. The number of ether oxygens (including phenoxy) is 1. The van der Waals surface area contributed by atoms with E-state index in [-0.39, 0.29) is 6.10 Å². The van der Waals surface area contributed by atoms with Crippen molar-refractivity contribution in [2.75, 3.05) is 0 Å². The van der Waals surface area contributed by atoms with E-state index in [0.717, 1.165) is 5.69 Å². The van der Waals surface area contributed by atoms with Gasteiger partial charge < -0.3 is 10.1 Å². The van der Waals surface area contributed by atoms with Crippen molar-refractivity contribution >= 4 is 11.6 Å². The second kappa shape index (κ2) is 6.06. The van der Waals surface area contributed by atoms with E-state index < -0.39 is 0 Å². The van der Waals surface area contributed by atoms with E-state index in [0.29, 0.717) is 23.5 Å². The van der Waals surface area contributed by atoms with Gasteiger partial charge >= 0.3 is 0 Å². The molecule has 1 rings (SSSR count). The molecule has 4 heteroatoms. The van der Waals surface area contributed by atoms with Crippen LogP contribution >= 0.6 is 11.6 Å². The van der Waals surface area contributed by atoms with E-state index >= 15 is 0 Å². The lowest BCUT2D eigenvalue weighted by atomic mass is 10.3. The molecule has 0 atom stereocenters. The van der Waals surface area contributed by atoms with E-state index in [9.17, 15) is 0 Å². The third kappa shape index (κ3) is 4.37. The molecule has 1 aromatic heterocycles. The van der Waals surface area contributed by atoms with Gasteiger partial charge in [-0.3, -0.25) is 0 Å². The van der Waals surface area contributed by atoms with Gasteiger partial charge in [-0.2, -0.15) is 0 Å². The fourth-order valence-corrected chi connectivity index (χ4v) is 1.37. The molecular formula is C12H19ClN2O. The summed E-state index contributed by atoms with van der Waals surface area (Å²) in [6, 6.07) is 4.03. The monoisotopic (exact) mass is 242 g/mol. The summed E-state index contributed by atoms with van der Waals surface area (Å²) >= 11 is 6.06. The Morgan fingerprint density at radius 1 is 1.31 bits per heavy atom. The van der Waals surface area contributed by atoms with Gasteiger partial charge in [-0.15, -0.1) is 0 Å². The van der Waals surface area contributed by atoms with E-state index in [4.69, 9.17) is 16.3 Å². The predicted octanol–water partition coefficient (Wildman–Crippen LogP) is 3.02. The van der Waals surface area contributed by atoms with Gasteiger partial charge in [0.25, 0.3) is 0 Å². The molecule has 1 heterocycles. The molecule has 0 aliphatic carbocycles. The standard InChI is InChI=1S/C12H19ClN2O/c1-8(2)14-7-11-10(13)5-6-12(15-11)16-9(3)4/h5-6,8-9,14H,7H2,1-4H3. The maximum atomic E-state index is 6.06. The molecule has 0 saturated carbocycles. The van der Waals surface area contributed by atoms with Gasteiger partial charge in [0.05, 0.1) is 16.8 Å². The maximum Gasteiger partial charge on any atom is 0.213 e. The van der Waals surface area contributed by atoms with Crippen molar-refractivity contribution < 1.29 is 4.74 Å². The van der Waals surface area contributed by atoms with E-state index in [2.05, 4.69) is 24.1 Å². The zero-order chi connectivity index (χ0) is 12.1. The predicted molar refractivity (Wildman–Crippen MR) is 67.0 cm³/mol. The normalized spacial score (nSPS) is 11.2. The molecule has 0 unspecified atom stereocenters. The molecule has 0 amide bonds. The quantitative estimate of drug-likeness (QED) is 0.862. The SMILES string of the molecule is CC(C)NCc1nc(OC(C)C)ccc1Cl. The molecule has 3 nitrogen and oxygen atoms in total. The van der Waals surface area contributed by atoms with Crippen LogP contribution in [-0.2, 0) is 6.54 Å². The Bertz CT molecular complexity index is 340. The van der Waals surface area contributed by atoms with Crippen molar-refractivity contribution in [2.24, 2.45) is 0 Å². The Hall–Kier alpha value is -0.800. The summed E-state index contributed by atoms with van der Waals surface area (Å²) in [7, 11) is 0. The first kappa shape index (κ1) is 13.3. The van der Waals surface area contributed by atoms with Crippen LogP contribution in [0.3, 0.4) is 0 Å². The Labute approximate surface area is 102 Å². The number of halogens is 1. The minimum atomic E-state index is 0.125. The van der Waals surface area contributed by atoms with Gasteiger partial charge in [0, 0.05) is 18.7 Å². The van der Waals surface area contributed by atoms with E-state index in [1.54, 1.807) is 6.07 Å². The first-order valence-electron chi connectivity index (χ1n) is 5.54. The highest BCUT2D eigenvalue weighted by Gasteiger charge is 2.06. The molecule has 0 radical (unpaired) electrons. The summed E-state index contributed by atoms with van der Waals surface area (Å²) in [5.41, 5.74) is 0.827. The minimum Gasteiger partial charge on any atom is -0.475 e. The highest BCUT2D eigenvalue weighted by atomic mass is 35.5. The average molecular weight is 243 g/mol. The largest absolute Gasteiger partial charge is 0.475 e. The number of pyridine rings is 1. The fourth-order valence-electron chi connectivity index (χ4n) is 1.20. The molecule has 0 aliphatic rings. The first-order chi connectivity index (χ1) is 7.49. The van der Waals surface area contributed by atoms with Crippen LogP contribution in [0.2, 0.25) is 5.02 Å². The maximum absolute atomic E-state index is 6.06. The third-order valence-corrected chi connectivity index (χ3v) is 2.27. The lowest BCUT2D eigenvalue weighted by Gasteiger charge is -2.12. The lowest BCUT2D eigenvalue weighted by Crippen LogP contribution is -2.22. The number of hydrogen-bond acceptors (Lipinski definition) is 3. The topological polar surface area (TPSA) is 34.2 Å². The molecule has 1 N–H and O–H groups in total. The zero-order valence-corrected chi connectivity index (χ0v) is 11.0. The summed E-state index contributed by atoms with van der Waals surface area (Å²) < 4.78 is 5.52. The average Bonchev–Trinajstić information content (AvgIpc) is 2.18. The summed E-state index contributed by atoms with van der Waals surface area (Å²) in [6.45, 7) is 8.78. The number of hydrogen-bond donors (Lipinski definition) is 1. The molecule has 0 spiro atoms. The number of aromatic nitrogens is 1. The van der Waals surface area contributed by atoms with Crippen molar-refractivity contribution in [2.45, 2.75) is 46.4 Å². The second-order valence-electron chi connectivity index (χ2n) is 4.28. The van der Waals surface area contributed by atoms with Crippen molar-refractivity contribution in [3.05, 3.63) is 22.8 Å². The van der Waals surface area contributed by atoms with E-state index in [1.807, 2.05) is 19.9 Å². The van der Waals surface area contributed by atoms with Crippen LogP contribution < -0.4 is 10.1 Å². The van der Waals surface area contributed by atoms with Gasteiger partial charge in [0.1, 0.15) is 0 Å². The van der Waals surface area contributed by atoms with Crippen LogP contribution in [0.15, 0.2) is 12.1 Å². The van der Waals surface area contributed by atoms with Crippen LogP contribution in [-0.4, -0.2) is 17.1 Å². The Morgan fingerprint density at radius 2 is 2.00 bits per heavy atom. The second-order valence-corrected chi connectivity index (χ2v) is 4.69. The Morgan fingerprint density at radius 3 is 2.56 bits per heavy atom. The van der Waals surface area contributed by atoms with Crippen molar-refractivity contribution in [3.63, 3.8) is 0 Å². The van der Waals surface area contributed by atoms with Gasteiger partial charge in [-0.1, -0.05) is 25.4 Å². The number of nitrogens with zero attached hydrogens (tertiary/aromatic N) is 1. The molecular weight excluding hydrogens is 224 g/mol. The molecule has 0 aliphatic heterocycles. The van der Waals surface area contributed by atoms with Gasteiger partial charge in [0.2, 0.25) is 5.88 Å². The molecule has 16 heavy (non-hydrogen) atoms. The van der Waals surface area contributed by atoms with Crippen LogP contribution in [0.4, 0.5) is 0 Å². The Kier molecular flexibility index (Phi) is 5.03. The van der Waals surface area contributed by atoms with Crippen molar-refractivity contribution in [3.8, 4) is 5.88 Å². The van der Waals surface area contributed by atoms with Crippen LogP contribution in [0, 0.1) is 0 Å². The molecule has 0 saturated heterocycles. The summed E-state index contributed by atoms with van der Waals surface area (Å²) in [5, 5.41) is 3.95. The van der Waals surface area contributed by atoms with Crippen LogP contribution in [0.5, 0.6) is 5.88 Å². The Balaban J connectivity index is 2.74. The van der Waals surface area contributed by atoms with Crippen molar-refractivity contribution in [1.29, 1.82) is 0 Å². The van der Waals surface area contributed by atoms with E-state index in [1.165, 1.54) is 0 Å². The lowest BCUT2D eigenvalue weighted by molar-refractivity contribution is 0.232. The molecule has 90 valence electrons. The van der Waals surface area contributed by atoms with Gasteiger partial charge in [0.15, 0.2) is 0 Å². The van der Waals surface area contributed by atoms with Crippen molar-refractivity contribution in [1.82, 2.24) is 10.3 Å². The minimum absolute atomic E-state index is 0.125. The number of nitrogens with one attached hydrogen (secondary N) is 1. The highest BCUT2D eigenvalue weighted by Crippen LogP contribution is 2.18. The highest BCUT2D eigenvalue weighted by molar-refractivity contribution is 6.31. The summed E-state index contributed by atoms with van der Waals surface area (Å²) in [5.74, 6) is 0.625.